The minimum absolute atomic E-state index is 0.125. The number of nitrogens with zero attached hydrogens (tertiary/aromatic N) is 2. The van der Waals surface area contributed by atoms with E-state index in [9.17, 15) is 4.79 Å². The molecule has 7 nitrogen and oxygen atoms in total. The van der Waals surface area contributed by atoms with Gasteiger partial charge in [0.2, 0.25) is 5.95 Å². The lowest BCUT2D eigenvalue weighted by atomic mass is 10.1. The number of amides is 1. The number of aromatic nitrogens is 3. The molecule has 0 radical (unpaired) electrons. The molecule has 146 valence electrons. The molecule has 0 aliphatic rings. The van der Waals surface area contributed by atoms with Crippen LogP contribution in [0.15, 0.2) is 67.1 Å². The van der Waals surface area contributed by atoms with Gasteiger partial charge in [-0.05, 0) is 54.4 Å². The molecule has 7 heteroatoms. The van der Waals surface area contributed by atoms with Crippen LogP contribution in [0.25, 0.3) is 10.9 Å². The number of H-pyrrole nitrogens is 1. The van der Waals surface area contributed by atoms with Crippen LogP contribution < -0.4 is 15.4 Å². The second-order valence-corrected chi connectivity index (χ2v) is 6.51. The highest BCUT2D eigenvalue weighted by atomic mass is 16.5. The van der Waals surface area contributed by atoms with E-state index in [1.165, 1.54) is 0 Å². The van der Waals surface area contributed by atoms with E-state index in [4.69, 9.17) is 4.74 Å². The van der Waals surface area contributed by atoms with Gasteiger partial charge < -0.3 is 20.4 Å². The molecular weight excluding hydrogens is 366 g/mol. The zero-order valence-corrected chi connectivity index (χ0v) is 16.0. The van der Waals surface area contributed by atoms with Crippen molar-refractivity contribution < 1.29 is 9.53 Å². The number of benzene rings is 2. The quantitative estimate of drug-likeness (QED) is 0.450. The zero-order chi connectivity index (χ0) is 20.1. The summed E-state index contributed by atoms with van der Waals surface area (Å²) in [5.41, 5.74) is 3.52. The van der Waals surface area contributed by atoms with Crippen LogP contribution in [0, 0.1) is 0 Å². The maximum Gasteiger partial charge on any atom is 0.251 e. The summed E-state index contributed by atoms with van der Waals surface area (Å²) in [5, 5.41) is 7.17. The van der Waals surface area contributed by atoms with Crippen molar-refractivity contribution in [3.05, 3.63) is 78.2 Å². The first-order valence-corrected chi connectivity index (χ1v) is 9.29. The fourth-order valence-corrected chi connectivity index (χ4v) is 3.14. The summed E-state index contributed by atoms with van der Waals surface area (Å²) >= 11 is 0. The molecule has 2 aromatic carbocycles. The van der Waals surface area contributed by atoms with Crippen LogP contribution in [-0.4, -0.2) is 34.5 Å². The van der Waals surface area contributed by atoms with Crippen LogP contribution in [0.2, 0.25) is 0 Å². The minimum atomic E-state index is -0.125. The Kier molecular flexibility index (Phi) is 5.38. The highest BCUT2D eigenvalue weighted by molar-refractivity contribution is 5.95. The van der Waals surface area contributed by atoms with E-state index >= 15 is 0 Å². The Labute approximate surface area is 168 Å². The van der Waals surface area contributed by atoms with Crippen LogP contribution in [0.3, 0.4) is 0 Å². The van der Waals surface area contributed by atoms with Gasteiger partial charge in [-0.1, -0.05) is 6.07 Å². The summed E-state index contributed by atoms with van der Waals surface area (Å²) in [6.45, 7) is 0.530. The van der Waals surface area contributed by atoms with Crippen LogP contribution in [-0.2, 0) is 6.42 Å². The van der Waals surface area contributed by atoms with E-state index < -0.39 is 0 Å². The fourth-order valence-electron chi connectivity index (χ4n) is 3.14. The first-order chi connectivity index (χ1) is 14.2. The molecule has 29 heavy (non-hydrogen) atoms. The molecule has 0 unspecified atom stereocenters. The molecule has 0 saturated heterocycles. The molecule has 0 saturated carbocycles. The van der Waals surface area contributed by atoms with Crippen LogP contribution in [0.5, 0.6) is 5.75 Å². The van der Waals surface area contributed by atoms with Gasteiger partial charge >= 0.3 is 0 Å². The number of rotatable bonds is 7. The molecule has 0 spiro atoms. The molecule has 0 aliphatic carbocycles. The number of aromatic amines is 1. The van der Waals surface area contributed by atoms with Gasteiger partial charge in [0, 0.05) is 47.3 Å². The van der Waals surface area contributed by atoms with Gasteiger partial charge in [-0.2, -0.15) is 0 Å². The summed E-state index contributed by atoms with van der Waals surface area (Å²) in [6.07, 6.45) is 6.01. The number of anilines is 2. The summed E-state index contributed by atoms with van der Waals surface area (Å²) in [5.74, 6) is 1.17. The predicted molar refractivity (Wildman–Crippen MR) is 113 cm³/mol. The third-order valence-electron chi connectivity index (χ3n) is 4.60. The van der Waals surface area contributed by atoms with Crippen molar-refractivity contribution in [2.24, 2.45) is 0 Å². The molecule has 2 aromatic heterocycles. The van der Waals surface area contributed by atoms with Gasteiger partial charge in [-0.25, -0.2) is 9.97 Å². The Morgan fingerprint density at radius 3 is 2.79 bits per heavy atom. The second-order valence-electron chi connectivity index (χ2n) is 6.51. The summed E-state index contributed by atoms with van der Waals surface area (Å²) in [6, 6.07) is 14.9. The van der Waals surface area contributed by atoms with Crippen molar-refractivity contribution in [3.8, 4) is 5.75 Å². The predicted octanol–water partition coefficient (Wildman–Crippen LogP) is 3.68. The van der Waals surface area contributed by atoms with Gasteiger partial charge in [-0.15, -0.1) is 0 Å². The lowest BCUT2D eigenvalue weighted by molar-refractivity contribution is 0.0954. The van der Waals surface area contributed by atoms with Gasteiger partial charge in [0.15, 0.2) is 0 Å². The highest BCUT2D eigenvalue weighted by Gasteiger charge is 2.09. The Morgan fingerprint density at radius 1 is 1.10 bits per heavy atom. The van der Waals surface area contributed by atoms with Gasteiger partial charge in [0.25, 0.3) is 5.91 Å². The Hall–Kier alpha value is -3.87. The Balaban J connectivity index is 1.38. The molecule has 0 atom stereocenters. The second kappa shape index (κ2) is 8.43. The van der Waals surface area contributed by atoms with E-state index in [0.29, 0.717) is 24.5 Å². The molecule has 0 bridgehead atoms. The normalized spacial score (nSPS) is 10.7. The maximum atomic E-state index is 12.5. The SMILES string of the molecule is COc1ccc2[nH]cc(CCNC(=O)c3cccc(Nc4ncccn4)c3)c2c1. The highest BCUT2D eigenvalue weighted by Crippen LogP contribution is 2.23. The largest absolute Gasteiger partial charge is 0.497 e. The number of ether oxygens (including phenoxy) is 1. The Bertz CT molecular complexity index is 1120. The van der Waals surface area contributed by atoms with E-state index in [1.807, 2.05) is 36.5 Å². The first kappa shape index (κ1) is 18.5. The molecule has 2 heterocycles. The number of hydrogen-bond acceptors (Lipinski definition) is 5. The Morgan fingerprint density at radius 2 is 1.97 bits per heavy atom. The summed E-state index contributed by atoms with van der Waals surface area (Å²) < 4.78 is 5.30. The number of hydrogen-bond donors (Lipinski definition) is 3. The van der Waals surface area contributed by atoms with Crippen LogP contribution >= 0.6 is 0 Å². The number of nitrogens with one attached hydrogen (secondary N) is 3. The van der Waals surface area contributed by atoms with Crippen molar-refractivity contribution in [3.63, 3.8) is 0 Å². The topological polar surface area (TPSA) is 91.9 Å². The lowest BCUT2D eigenvalue weighted by Gasteiger charge is -2.08. The molecule has 0 aliphatic heterocycles. The smallest absolute Gasteiger partial charge is 0.251 e. The van der Waals surface area contributed by atoms with E-state index in [-0.39, 0.29) is 5.91 Å². The van der Waals surface area contributed by atoms with E-state index in [0.717, 1.165) is 27.9 Å². The zero-order valence-electron chi connectivity index (χ0n) is 16.0. The van der Waals surface area contributed by atoms with Crippen LogP contribution in [0.4, 0.5) is 11.6 Å². The molecule has 1 amide bonds. The third kappa shape index (κ3) is 4.35. The van der Waals surface area contributed by atoms with Crippen molar-refractivity contribution in [1.29, 1.82) is 0 Å². The van der Waals surface area contributed by atoms with E-state index in [1.54, 1.807) is 37.7 Å². The van der Waals surface area contributed by atoms with Crippen molar-refractivity contribution in [2.75, 3.05) is 19.0 Å². The number of carbonyl (C=O) groups excluding carboxylic acids is 1. The number of carbonyl (C=O) groups is 1. The number of fused-ring (bicyclic) bond motifs is 1. The molecular formula is C22H21N5O2. The first-order valence-electron chi connectivity index (χ1n) is 9.29. The van der Waals surface area contributed by atoms with E-state index in [2.05, 4.69) is 25.6 Å². The van der Waals surface area contributed by atoms with Crippen LogP contribution in [0.1, 0.15) is 15.9 Å². The monoisotopic (exact) mass is 387 g/mol. The standard InChI is InChI=1S/C22H21N5O2/c1-29-18-6-7-20-19(13-18)16(14-26-20)8-11-23-21(28)15-4-2-5-17(12-15)27-22-24-9-3-10-25-22/h2-7,9-10,12-14,26H,8,11H2,1H3,(H,23,28)(H,24,25,27). The summed E-state index contributed by atoms with van der Waals surface area (Å²) in [4.78, 5) is 24.1. The number of methoxy groups -OCH3 is 1. The molecule has 4 rings (SSSR count). The average Bonchev–Trinajstić information content (AvgIpc) is 3.16. The van der Waals surface area contributed by atoms with Crippen molar-refractivity contribution in [2.45, 2.75) is 6.42 Å². The minimum Gasteiger partial charge on any atom is -0.497 e. The third-order valence-corrected chi connectivity index (χ3v) is 4.60. The molecule has 0 fully saturated rings. The maximum absolute atomic E-state index is 12.5. The average molecular weight is 387 g/mol. The molecule has 3 N–H and O–H groups in total. The van der Waals surface area contributed by atoms with Gasteiger partial charge in [-0.3, -0.25) is 4.79 Å². The van der Waals surface area contributed by atoms with Crippen molar-refractivity contribution in [1.82, 2.24) is 20.3 Å². The summed E-state index contributed by atoms with van der Waals surface area (Å²) in [7, 11) is 1.65. The van der Waals surface area contributed by atoms with Gasteiger partial charge in [0.1, 0.15) is 5.75 Å². The molecule has 4 aromatic rings. The van der Waals surface area contributed by atoms with Gasteiger partial charge in [0.05, 0.1) is 7.11 Å². The van der Waals surface area contributed by atoms with Crippen molar-refractivity contribution >= 4 is 28.4 Å². The fraction of sp³-hybridized carbons (Fsp3) is 0.136. The lowest BCUT2D eigenvalue weighted by Crippen LogP contribution is -2.25.